The molecule has 6 nitrogen and oxygen atoms in total. The summed E-state index contributed by atoms with van der Waals surface area (Å²) in [5.41, 5.74) is 6.03. The van der Waals surface area contributed by atoms with Gasteiger partial charge in [0.2, 0.25) is 0 Å². The minimum absolute atomic E-state index is 0.0345. The molecule has 19 heavy (non-hydrogen) atoms. The van der Waals surface area contributed by atoms with Crippen molar-refractivity contribution in [2.45, 2.75) is 13.5 Å². The molecule has 2 rings (SSSR count). The van der Waals surface area contributed by atoms with Crippen LogP contribution >= 0.6 is 11.3 Å². The van der Waals surface area contributed by atoms with Crippen LogP contribution in [-0.2, 0) is 6.54 Å². The highest BCUT2D eigenvalue weighted by atomic mass is 32.1. The molecule has 7 heteroatoms. The fourth-order valence-electron chi connectivity index (χ4n) is 1.72. The summed E-state index contributed by atoms with van der Waals surface area (Å²) in [6.45, 7) is 3.50. The Morgan fingerprint density at radius 3 is 2.89 bits per heavy atom. The molecule has 0 saturated carbocycles. The third-order valence-electron chi connectivity index (χ3n) is 2.64. The van der Waals surface area contributed by atoms with E-state index in [0.717, 1.165) is 13.1 Å². The van der Waals surface area contributed by atoms with Gasteiger partial charge in [-0.15, -0.1) is 11.3 Å². The first kappa shape index (κ1) is 13.3. The highest BCUT2D eigenvalue weighted by Gasteiger charge is 2.16. The predicted octanol–water partition coefficient (Wildman–Crippen LogP) is 1.66. The second-order valence-electron chi connectivity index (χ2n) is 3.81. The first-order chi connectivity index (χ1) is 9.26. The zero-order valence-corrected chi connectivity index (χ0v) is 11.3. The lowest BCUT2D eigenvalue weighted by molar-refractivity contribution is 0.318. The summed E-state index contributed by atoms with van der Waals surface area (Å²) in [7, 11) is 0. The number of hydrogen-bond acceptors (Lipinski definition) is 6. The van der Waals surface area contributed by atoms with E-state index in [1.807, 2.05) is 23.3 Å². The van der Waals surface area contributed by atoms with Gasteiger partial charge in [-0.3, -0.25) is 0 Å². The Labute approximate surface area is 115 Å². The van der Waals surface area contributed by atoms with E-state index in [1.54, 1.807) is 17.5 Å². The van der Waals surface area contributed by atoms with Gasteiger partial charge in [-0.25, -0.2) is 9.97 Å². The lowest BCUT2D eigenvalue weighted by Gasteiger charge is -2.22. The van der Waals surface area contributed by atoms with Crippen LogP contribution in [0.15, 0.2) is 35.1 Å². The highest BCUT2D eigenvalue weighted by Crippen LogP contribution is 2.19. The van der Waals surface area contributed by atoms with Crippen LogP contribution in [0, 0.1) is 0 Å². The van der Waals surface area contributed by atoms with Crippen LogP contribution < -0.4 is 10.6 Å². The molecular weight excluding hydrogens is 262 g/mol. The van der Waals surface area contributed by atoms with Crippen molar-refractivity contribution in [2.75, 3.05) is 11.4 Å². The number of thiophene rings is 1. The number of rotatable bonds is 5. The van der Waals surface area contributed by atoms with Gasteiger partial charge in [0.25, 0.3) is 0 Å². The summed E-state index contributed by atoms with van der Waals surface area (Å²) in [6.07, 6.45) is 3.12. The lowest BCUT2D eigenvalue weighted by Crippen LogP contribution is -2.27. The van der Waals surface area contributed by atoms with Crippen molar-refractivity contribution >= 4 is 23.0 Å². The Morgan fingerprint density at radius 2 is 2.26 bits per heavy atom. The van der Waals surface area contributed by atoms with Crippen LogP contribution in [0.2, 0.25) is 0 Å². The Morgan fingerprint density at radius 1 is 1.47 bits per heavy atom. The molecule has 0 unspecified atom stereocenters. The van der Waals surface area contributed by atoms with Crippen molar-refractivity contribution in [1.29, 1.82) is 0 Å². The largest absolute Gasteiger partial charge is 0.409 e. The van der Waals surface area contributed by atoms with E-state index in [2.05, 4.69) is 21.2 Å². The molecule has 0 fully saturated rings. The molecule has 0 aliphatic rings. The van der Waals surface area contributed by atoms with E-state index >= 15 is 0 Å². The SMILES string of the molecule is CCN(Cc1cccs1)c1nccnc1C(N)=NO. The van der Waals surface area contributed by atoms with E-state index in [4.69, 9.17) is 10.9 Å². The minimum Gasteiger partial charge on any atom is -0.409 e. The van der Waals surface area contributed by atoms with Crippen LogP contribution in [0.3, 0.4) is 0 Å². The maximum atomic E-state index is 8.80. The standard InChI is InChI=1S/C12H15N5OS/c1-2-17(8-9-4-3-7-19-9)12-10(11(13)16-18)14-5-6-15-12/h3-7,18H,2,8H2,1H3,(H2,13,16). The lowest BCUT2D eigenvalue weighted by atomic mass is 10.3. The van der Waals surface area contributed by atoms with E-state index in [1.165, 1.54) is 11.1 Å². The van der Waals surface area contributed by atoms with Crippen molar-refractivity contribution < 1.29 is 5.21 Å². The van der Waals surface area contributed by atoms with Crippen molar-refractivity contribution in [3.63, 3.8) is 0 Å². The molecule has 2 heterocycles. The summed E-state index contributed by atoms with van der Waals surface area (Å²) in [5.74, 6) is 0.585. The second kappa shape index (κ2) is 6.14. The molecular formula is C12H15N5OS. The maximum absolute atomic E-state index is 8.80. The molecule has 2 aromatic rings. The monoisotopic (exact) mass is 277 g/mol. The normalized spacial score (nSPS) is 11.5. The first-order valence-corrected chi connectivity index (χ1v) is 6.70. The molecule has 0 atom stereocenters. The highest BCUT2D eigenvalue weighted by molar-refractivity contribution is 7.09. The van der Waals surface area contributed by atoms with Crippen LogP contribution in [0.4, 0.5) is 5.82 Å². The van der Waals surface area contributed by atoms with Gasteiger partial charge in [-0.1, -0.05) is 11.2 Å². The van der Waals surface area contributed by atoms with Gasteiger partial charge in [0, 0.05) is 23.8 Å². The van der Waals surface area contributed by atoms with Crippen molar-refractivity contribution in [1.82, 2.24) is 9.97 Å². The van der Waals surface area contributed by atoms with Gasteiger partial charge in [0.15, 0.2) is 17.3 Å². The van der Waals surface area contributed by atoms with Gasteiger partial charge < -0.3 is 15.8 Å². The third-order valence-corrected chi connectivity index (χ3v) is 3.50. The van der Waals surface area contributed by atoms with Crippen LogP contribution in [0.5, 0.6) is 0 Å². The number of nitrogens with zero attached hydrogens (tertiary/aromatic N) is 4. The minimum atomic E-state index is -0.0345. The zero-order valence-electron chi connectivity index (χ0n) is 10.5. The van der Waals surface area contributed by atoms with E-state index in [0.29, 0.717) is 11.5 Å². The number of hydrogen-bond donors (Lipinski definition) is 2. The van der Waals surface area contributed by atoms with Gasteiger partial charge >= 0.3 is 0 Å². The number of nitrogens with two attached hydrogens (primary N) is 1. The molecule has 0 aromatic carbocycles. The molecule has 0 aliphatic carbocycles. The smallest absolute Gasteiger partial charge is 0.192 e. The zero-order chi connectivity index (χ0) is 13.7. The Balaban J connectivity index is 2.33. The van der Waals surface area contributed by atoms with E-state index in [-0.39, 0.29) is 5.84 Å². The van der Waals surface area contributed by atoms with Crippen LogP contribution in [0.1, 0.15) is 17.5 Å². The molecule has 0 radical (unpaired) electrons. The molecule has 0 saturated heterocycles. The van der Waals surface area contributed by atoms with Gasteiger partial charge in [-0.2, -0.15) is 0 Å². The van der Waals surface area contributed by atoms with Gasteiger partial charge in [0.05, 0.1) is 6.54 Å². The Bertz CT molecular complexity index is 555. The molecule has 3 N–H and O–H groups in total. The molecule has 0 amide bonds. The molecule has 0 spiro atoms. The summed E-state index contributed by atoms with van der Waals surface area (Å²) >= 11 is 1.68. The fraction of sp³-hybridized carbons (Fsp3) is 0.250. The first-order valence-electron chi connectivity index (χ1n) is 5.82. The molecule has 2 aromatic heterocycles. The summed E-state index contributed by atoms with van der Waals surface area (Å²) in [5, 5.41) is 13.8. The average Bonchev–Trinajstić information content (AvgIpc) is 2.97. The number of amidine groups is 1. The number of anilines is 1. The molecule has 0 aliphatic heterocycles. The number of aromatic nitrogens is 2. The third kappa shape index (κ3) is 3.00. The quantitative estimate of drug-likeness (QED) is 0.375. The van der Waals surface area contributed by atoms with Crippen molar-refractivity contribution in [2.24, 2.45) is 10.9 Å². The van der Waals surface area contributed by atoms with Gasteiger partial charge in [-0.05, 0) is 18.4 Å². The summed E-state index contributed by atoms with van der Waals surface area (Å²) in [4.78, 5) is 11.7. The predicted molar refractivity (Wildman–Crippen MR) is 75.6 cm³/mol. The van der Waals surface area contributed by atoms with Crippen LogP contribution in [-0.4, -0.2) is 27.6 Å². The van der Waals surface area contributed by atoms with Gasteiger partial charge in [0.1, 0.15) is 0 Å². The summed E-state index contributed by atoms with van der Waals surface area (Å²) < 4.78 is 0. The maximum Gasteiger partial charge on any atom is 0.192 e. The Hall–Kier alpha value is -2.15. The average molecular weight is 277 g/mol. The van der Waals surface area contributed by atoms with Crippen molar-refractivity contribution in [3.05, 3.63) is 40.5 Å². The summed E-state index contributed by atoms with van der Waals surface area (Å²) in [6, 6.07) is 4.07. The van der Waals surface area contributed by atoms with Crippen LogP contribution in [0.25, 0.3) is 0 Å². The molecule has 100 valence electrons. The second-order valence-corrected chi connectivity index (χ2v) is 4.84. The Kier molecular flexibility index (Phi) is 4.30. The molecule has 0 bridgehead atoms. The topological polar surface area (TPSA) is 87.6 Å². The fourth-order valence-corrected chi connectivity index (χ4v) is 2.44. The van der Waals surface area contributed by atoms with E-state index in [9.17, 15) is 0 Å². The number of oxime groups is 1. The van der Waals surface area contributed by atoms with Crippen molar-refractivity contribution in [3.8, 4) is 0 Å². The van der Waals surface area contributed by atoms with E-state index < -0.39 is 0 Å².